The average Bonchev–Trinajstić information content (AvgIpc) is 2.69. The van der Waals surface area contributed by atoms with Crippen molar-refractivity contribution >= 4 is 11.3 Å². The number of aromatic nitrogens is 1. The smallest absolute Gasteiger partial charge is 0.0794 e. The Hall–Kier alpha value is -0.670. The lowest BCUT2D eigenvalue weighted by atomic mass is 10.0. The fraction of sp³-hybridized carbons (Fsp3) is 0.500. The lowest BCUT2D eigenvalue weighted by Gasteiger charge is -2.17. The quantitative estimate of drug-likeness (QED) is 0.747. The van der Waals surface area contributed by atoms with Crippen LogP contribution in [-0.4, -0.2) is 11.0 Å². The molecule has 2 rings (SSSR count). The highest BCUT2D eigenvalue weighted by atomic mass is 32.1. The van der Waals surface area contributed by atoms with Gasteiger partial charge >= 0.3 is 0 Å². The van der Waals surface area contributed by atoms with Gasteiger partial charge in [0.2, 0.25) is 0 Å². The van der Waals surface area contributed by atoms with Crippen LogP contribution in [0.4, 0.5) is 0 Å². The number of hydrogen-bond donors (Lipinski definition) is 1. The minimum atomic E-state index is 0.579. The summed E-state index contributed by atoms with van der Waals surface area (Å²) in [6.45, 7) is 0.958. The van der Waals surface area contributed by atoms with E-state index in [2.05, 4.69) is 22.5 Å². The molecule has 0 spiro atoms. The molecule has 1 aromatic heterocycles. The standard InChI is InChI=1S/C10H14N2S/c1-2-4-9(5-3-1)12-7-10-6-11-8-13-10/h2,4,6,8-9,12H,1,3,5,7H2. The molecule has 0 saturated carbocycles. The first-order chi connectivity index (χ1) is 6.45. The van der Waals surface area contributed by atoms with Gasteiger partial charge in [0.1, 0.15) is 0 Å². The lowest BCUT2D eigenvalue weighted by Crippen LogP contribution is -2.27. The summed E-state index contributed by atoms with van der Waals surface area (Å²) in [4.78, 5) is 5.36. The molecule has 0 aliphatic heterocycles. The molecule has 0 fully saturated rings. The van der Waals surface area contributed by atoms with Gasteiger partial charge in [-0.3, -0.25) is 4.98 Å². The van der Waals surface area contributed by atoms with Crippen LogP contribution < -0.4 is 5.32 Å². The fourth-order valence-corrected chi connectivity index (χ4v) is 2.09. The topological polar surface area (TPSA) is 24.9 Å². The highest BCUT2D eigenvalue weighted by molar-refractivity contribution is 7.09. The van der Waals surface area contributed by atoms with Gasteiger partial charge in [0.25, 0.3) is 0 Å². The van der Waals surface area contributed by atoms with E-state index in [9.17, 15) is 0 Å². The molecular formula is C10H14N2S. The molecule has 2 nitrogen and oxygen atoms in total. The molecule has 13 heavy (non-hydrogen) atoms. The first kappa shape index (κ1) is 8.91. The number of hydrogen-bond acceptors (Lipinski definition) is 3. The molecule has 0 amide bonds. The van der Waals surface area contributed by atoms with Gasteiger partial charge in [0.05, 0.1) is 5.51 Å². The maximum atomic E-state index is 4.05. The van der Waals surface area contributed by atoms with Crippen molar-refractivity contribution < 1.29 is 0 Å². The predicted molar refractivity (Wildman–Crippen MR) is 55.7 cm³/mol. The highest BCUT2D eigenvalue weighted by Gasteiger charge is 2.07. The Balaban J connectivity index is 1.79. The van der Waals surface area contributed by atoms with Gasteiger partial charge in [0, 0.05) is 23.7 Å². The number of allylic oxidation sites excluding steroid dienone is 1. The Morgan fingerprint density at radius 3 is 3.31 bits per heavy atom. The molecule has 1 aromatic rings. The number of nitrogens with one attached hydrogen (secondary N) is 1. The van der Waals surface area contributed by atoms with Crippen LogP contribution in [0, 0.1) is 0 Å². The van der Waals surface area contributed by atoms with Crippen molar-refractivity contribution in [3.8, 4) is 0 Å². The predicted octanol–water partition coefficient (Wildman–Crippen LogP) is 2.34. The van der Waals surface area contributed by atoms with E-state index in [0.717, 1.165) is 6.54 Å². The van der Waals surface area contributed by atoms with Crippen LogP contribution in [0.2, 0.25) is 0 Å². The second-order valence-corrected chi connectivity index (χ2v) is 4.29. The van der Waals surface area contributed by atoms with Crippen LogP contribution in [0.5, 0.6) is 0 Å². The molecule has 1 aliphatic rings. The summed E-state index contributed by atoms with van der Waals surface area (Å²) in [6.07, 6.45) is 10.3. The summed E-state index contributed by atoms with van der Waals surface area (Å²) in [5.74, 6) is 0. The molecule has 1 aliphatic carbocycles. The SMILES string of the molecule is C1=CC(NCc2cncs2)CCC1. The van der Waals surface area contributed by atoms with Crippen molar-refractivity contribution in [1.29, 1.82) is 0 Å². The third-order valence-electron chi connectivity index (χ3n) is 2.28. The number of nitrogens with zero attached hydrogens (tertiary/aromatic N) is 1. The summed E-state index contributed by atoms with van der Waals surface area (Å²) < 4.78 is 0. The van der Waals surface area contributed by atoms with Crippen molar-refractivity contribution in [2.24, 2.45) is 0 Å². The maximum Gasteiger partial charge on any atom is 0.0794 e. The van der Waals surface area contributed by atoms with Crippen molar-refractivity contribution in [2.75, 3.05) is 0 Å². The van der Waals surface area contributed by atoms with Crippen LogP contribution in [0.1, 0.15) is 24.1 Å². The van der Waals surface area contributed by atoms with Crippen LogP contribution in [0.3, 0.4) is 0 Å². The number of thiazole rings is 1. The van der Waals surface area contributed by atoms with Crippen molar-refractivity contribution in [3.63, 3.8) is 0 Å². The van der Waals surface area contributed by atoms with E-state index in [1.165, 1.54) is 24.1 Å². The van der Waals surface area contributed by atoms with E-state index in [-0.39, 0.29) is 0 Å². The molecular weight excluding hydrogens is 180 g/mol. The Morgan fingerprint density at radius 1 is 1.62 bits per heavy atom. The van der Waals surface area contributed by atoms with Crippen molar-refractivity contribution in [1.82, 2.24) is 10.3 Å². The molecule has 70 valence electrons. The Labute approximate surface area is 82.7 Å². The third-order valence-corrected chi connectivity index (χ3v) is 3.06. The molecule has 0 radical (unpaired) electrons. The third kappa shape index (κ3) is 2.64. The lowest BCUT2D eigenvalue weighted by molar-refractivity contribution is 0.524. The Kier molecular flexibility index (Phi) is 3.11. The first-order valence-corrected chi connectivity index (χ1v) is 5.60. The van der Waals surface area contributed by atoms with E-state index >= 15 is 0 Å². The molecule has 1 heterocycles. The molecule has 1 atom stereocenters. The van der Waals surface area contributed by atoms with Gasteiger partial charge in [-0.1, -0.05) is 12.2 Å². The maximum absolute atomic E-state index is 4.05. The molecule has 0 saturated heterocycles. The van der Waals surface area contributed by atoms with E-state index in [1.807, 2.05) is 11.7 Å². The van der Waals surface area contributed by atoms with Crippen LogP contribution in [-0.2, 0) is 6.54 Å². The van der Waals surface area contributed by atoms with E-state index < -0.39 is 0 Å². The molecule has 0 aromatic carbocycles. The second-order valence-electron chi connectivity index (χ2n) is 3.31. The summed E-state index contributed by atoms with van der Waals surface area (Å²) in [5.41, 5.74) is 1.88. The van der Waals surface area contributed by atoms with E-state index in [0.29, 0.717) is 6.04 Å². The monoisotopic (exact) mass is 194 g/mol. The van der Waals surface area contributed by atoms with Crippen LogP contribution in [0.15, 0.2) is 23.9 Å². The fourth-order valence-electron chi connectivity index (χ4n) is 1.54. The normalized spacial score (nSPS) is 22.0. The first-order valence-electron chi connectivity index (χ1n) is 4.72. The zero-order chi connectivity index (χ0) is 8.93. The average molecular weight is 194 g/mol. The Bertz CT molecular complexity index is 266. The van der Waals surface area contributed by atoms with Crippen molar-refractivity contribution in [3.05, 3.63) is 28.7 Å². The minimum absolute atomic E-state index is 0.579. The molecule has 1 unspecified atom stereocenters. The van der Waals surface area contributed by atoms with Gasteiger partial charge in [0.15, 0.2) is 0 Å². The van der Waals surface area contributed by atoms with Gasteiger partial charge in [-0.25, -0.2) is 0 Å². The molecule has 1 N–H and O–H groups in total. The molecule has 3 heteroatoms. The summed E-state index contributed by atoms with van der Waals surface area (Å²) in [7, 11) is 0. The van der Waals surface area contributed by atoms with E-state index in [4.69, 9.17) is 0 Å². The summed E-state index contributed by atoms with van der Waals surface area (Å²) >= 11 is 1.71. The highest BCUT2D eigenvalue weighted by Crippen LogP contribution is 2.11. The Morgan fingerprint density at radius 2 is 2.62 bits per heavy atom. The van der Waals surface area contributed by atoms with Gasteiger partial charge in [-0.15, -0.1) is 11.3 Å². The molecule has 0 bridgehead atoms. The summed E-state index contributed by atoms with van der Waals surface area (Å²) in [6, 6.07) is 0.579. The largest absolute Gasteiger partial charge is 0.306 e. The van der Waals surface area contributed by atoms with Gasteiger partial charge in [-0.05, 0) is 19.3 Å². The van der Waals surface area contributed by atoms with Gasteiger partial charge < -0.3 is 5.32 Å². The van der Waals surface area contributed by atoms with Crippen molar-refractivity contribution in [2.45, 2.75) is 31.8 Å². The summed E-state index contributed by atoms with van der Waals surface area (Å²) in [5, 5.41) is 3.51. The van der Waals surface area contributed by atoms with E-state index in [1.54, 1.807) is 11.3 Å². The van der Waals surface area contributed by atoms with Crippen LogP contribution in [0.25, 0.3) is 0 Å². The number of rotatable bonds is 3. The minimum Gasteiger partial charge on any atom is -0.306 e. The second kappa shape index (κ2) is 4.53. The zero-order valence-electron chi connectivity index (χ0n) is 7.57. The van der Waals surface area contributed by atoms with Gasteiger partial charge in [-0.2, -0.15) is 0 Å². The zero-order valence-corrected chi connectivity index (χ0v) is 8.39. The van der Waals surface area contributed by atoms with Crippen LogP contribution >= 0.6 is 11.3 Å².